The van der Waals surface area contributed by atoms with Crippen LogP contribution in [0.1, 0.15) is 11.3 Å². The first-order valence-corrected chi connectivity index (χ1v) is 8.24. The molecule has 0 atom stereocenters. The Morgan fingerprint density at radius 1 is 1.19 bits per heavy atom. The van der Waals surface area contributed by atoms with Crippen molar-refractivity contribution in [1.82, 2.24) is 10.3 Å². The molecule has 1 N–H and O–H groups in total. The largest absolute Gasteiger partial charge is 0.350 e. The molecule has 3 nitrogen and oxygen atoms in total. The number of thioether (sulfide) groups is 1. The predicted octanol–water partition coefficient (Wildman–Crippen LogP) is 3.94. The second-order valence-corrected chi connectivity index (χ2v) is 6.14. The van der Waals surface area contributed by atoms with Gasteiger partial charge in [0.15, 0.2) is 0 Å². The average molecular weight is 341 g/mol. The minimum atomic E-state index is -0.00860. The fourth-order valence-electron chi connectivity index (χ4n) is 1.63. The number of aromatic nitrogens is 1. The number of amides is 1. The Kier molecular flexibility index (Phi) is 6.36. The van der Waals surface area contributed by atoms with Gasteiger partial charge in [0.05, 0.1) is 28.0 Å². The Hall–Kier alpha value is -1.23. The molecule has 2 rings (SSSR count). The first kappa shape index (κ1) is 16.1. The molecule has 0 saturated heterocycles. The van der Waals surface area contributed by atoms with E-state index in [1.54, 1.807) is 12.3 Å². The van der Waals surface area contributed by atoms with Crippen LogP contribution in [0.3, 0.4) is 0 Å². The molecule has 0 bridgehead atoms. The van der Waals surface area contributed by atoms with Gasteiger partial charge in [-0.05, 0) is 29.8 Å². The lowest BCUT2D eigenvalue weighted by Crippen LogP contribution is -2.25. The van der Waals surface area contributed by atoms with Gasteiger partial charge in [0.2, 0.25) is 5.91 Å². The van der Waals surface area contributed by atoms with Crippen LogP contribution in [0.15, 0.2) is 42.6 Å². The summed E-state index contributed by atoms with van der Waals surface area (Å²) in [5, 5.41) is 3.91. The monoisotopic (exact) mass is 340 g/mol. The van der Waals surface area contributed by atoms with Crippen LogP contribution in [0, 0.1) is 0 Å². The summed E-state index contributed by atoms with van der Waals surface area (Å²) in [4.78, 5) is 15.9. The van der Waals surface area contributed by atoms with E-state index in [0.29, 0.717) is 28.1 Å². The quantitative estimate of drug-likeness (QED) is 0.865. The number of carbonyl (C=O) groups excluding carboxylic acids is 1. The molecule has 110 valence electrons. The summed E-state index contributed by atoms with van der Waals surface area (Å²) in [5.74, 6) is 1.10. The van der Waals surface area contributed by atoms with Gasteiger partial charge >= 0.3 is 0 Å². The number of halogens is 2. The lowest BCUT2D eigenvalue weighted by molar-refractivity contribution is -0.118. The fourth-order valence-corrected chi connectivity index (χ4v) is 2.76. The van der Waals surface area contributed by atoms with E-state index in [9.17, 15) is 4.79 Å². The lowest BCUT2D eigenvalue weighted by atomic mass is 10.2. The topological polar surface area (TPSA) is 42.0 Å². The van der Waals surface area contributed by atoms with Crippen molar-refractivity contribution >= 4 is 40.9 Å². The molecule has 21 heavy (non-hydrogen) atoms. The Labute approximate surface area is 138 Å². The number of benzene rings is 1. The van der Waals surface area contributed by atoms with E-state index in [2.05, 4.69) is 10.3 Å². The highest BCUT2D eigenvalue weighted by atomic mass is 35.5. The minimum Gasteiger partial charge on any atom is -0.350 e. The molecule has 1 heterocycles. The smallest absolute Gasteiger partial charge is 0.230 e. The van der Waals surface area contributed by atoms with Crippen LogP contribution in [0.4, 0.5) is 0 Å². The Balaban J connectivity index is 1.70. The zero-order valence-electron chi connectivity index (χ0n) is 11.2. The van der Waals surface area contributed by atoms with E-state index in [0.717, 1.165) is 11.3 Å². The molecule has 2 aromatic rings. The van der Waals surface area contributed by atoms with Crippen LogP contribution in [0.2, 0.25) is 10.0 Å². The molecule has 1 aromatic carbocycles. The van der Waals surface area contributed by atoms with Crippen molar-refractivity contribution in [1.29, 1.82) is 0 Å². The summed E-state index contributed by atoms with van der Waals surface area (Å²) in [5.41, 5.74) is 1.90. The van der Waals surface area contributed by atoms with Gasteiger partial charge in [-0.2, -0.15) is 0 Å². The highest BCUT2D eigenvalue weighted by molar-refractivity contribution is 7.99. The molecular weight excluding hydrogens is 327 g/mol. The summed E-state index contributed by atoms with van der Waals surface area (Å²) in [6.45, 7) is 0.451. The minimum absolute atomic E-state index is 0.00860. The number of hydrogen-bond acceptors (Lipinski definition) is 3. The molecule has 0 aliphatic rings. The Bertz CT molecular complexity index is 608. The van der Waals surface area contributed by atoms with Crippen molar-refractivity contribution < 1.29 is 4.79 Å². The standard InChI is InChI=1S/C15H14Cl2N2OS/c16-13-5-4-11(7-14(13)17)9-21-10-15(20)19-8-12-3-1-2-6-18-12/h1-7H,8-10H2,(H,19,20). The summed E-state index contributed by atoms with van der Waals surface area (Å²) in [7, 11) is 0. The van der Waals surface area contributed by atoms with E-state index in [-0.39, 0.29) is 5.91 Å². The third-order valence-corrected chi connectivity index (χ3v) is 4.42. The van der Waals surface area contributed by atoms with Crippen LogP contribution >= 0.6 is 35.0 Å². The number of carbonyl (C=O) groups is 1. The van der Waals surface area contributed by atoms with Crippen molar-refractivity contribution in [2.24, 2.45) is 0 Å². The molecule has 0 saturated carbocycles. The van der Waals surface area contributed by atoms with Crippen LogP contribution < -0.4 is 5.32 Å². The van der Waals surface area contributed by atoms with Gasteiger partial charge in [-0.1, -0.05) is 35.3 Å². The number of nitrogens with zero attached hydrogens (tertiary/aromatic N) is 1. The third-order valence-electron chi connectivity index (χ3n) is 2.68. The van der Waals surface area contributed by atoms with Crippen molar-refractivity contribution in [2.75, 3.05) is 5.75 Å². The maximum atomic E-state index is 11.7. The van der Waals surface area contributed by atoms with E-state index >= 15 is 0 Å². The molecule has 0 radical (unpaired) electrons. The number of hydrogen-bond donors (Lipinski definition) is 1. The van der Waals surface area contributed by atoms with Crippen molar-refractivity contribution in [2.45, 2.75) is 12.3 Å². The Morgan fingerprint density at radius 3 is 2.76 bits per heavy atom. The van der Waals surface area contributed by atoms with E-state index in [1.165, 1.54) is 11.8 Å². The van der Waals surface area contributed by atoms with Gasteiger partial charge in [-0.25, -0.2) is 0 Å². The predicted molar refractivity (Wildman–Crippen MR) is 88.7 cm³/mol. The Morgan fingerprint density at radius 2 is 2.05 bits per heavy atom. The third kappa shape index (κ3) is 5.58. The number of pyridine rings is 1. The maximum Gasteiger partial charge on any atom is 0.230 e. The van der Waals surface area contributed by atoms with Gasteiger partial charge in [0.1, 0.15) is 0 Å². The fraction of sp³-hybridized carbons (Fsp3) is 0.200. The lowest BCUT2D eigenvalue weighted by Gasteiger charge is -2.05. The van der Waals surface area contributed by atoms with E-state index in [4.69, 9.17) is 23.2 Å². The van der Waals surface area contributed by atoms with Crippen LogP contribution in [0.5, 0.6) is 0 Å². The SMILES string of the molecule is O=C(CSCc1ccc(Cl)c(Cl)c1)NCc1ccccn1. The van der Waals surface area contributed by atoms with E-state index in [1.807, 2.05) is 30.3 Å². The summed E-state index contributed by atoms with van der Waals surface area (Å²) in [6, 6.07) is 11.1. The van der Waals surface area contributed by atoms with Crippen molar-refractivity contribution in [3.63, 3.8) is 0 Å². The molecule has 1 aromatic heterocycles. The van der Waals surface area contributed by atoms with Gasteiger partial charge in [0, 0.05) is 11.9 Å². The number of rotatable bonds is 6. The molecular formula is C15H14Cl2N2OS. The van der Waals surface area contributed by atoms with E-state index < -0.39 is 0 Å². The zero-order chi connectivity index (χ0) is 15.1. The van der Waals surface area contributed by atoms with Crippen molar-refractivity contribution in [3.8, 4) is 0 Å². The first-order valence-electron chi connectivity index (χ1n) is 6.33. The van der Waals surface area contributed by atoms with Gasteiger partial charge in [-0.15, -0.1) is 11.8 Å². The molecule has 6 heteroatoms. The summed E-state index contributed by atoms with van der Waals surface area (Å²) >= 11 is 13.3. The summed E-state index contributed by atoms with van der Waals surface area (Å²) in [6.07, 6.45) is 1.71. The highest BCUT2D eigenvalue weighted by Gasteiger charge is 2.04. The highest BCUT2D eigenvalue weighted by Crippen LogP contribution is 2.24. The second kappa shape index (κ2) is 8.27. The molecule has 0 aliphatic carbocycles. The van der Waals surface area contributed by atoms with Crippen LogP contribution in [0.25, 0.3) is 0 Å². The van der Waals surface area contributed by atoms with Gasteiger partial charge < -0.3 is 5.32 Å². The number of nitrogens with one attached hydrogen (secondary N) is 1. The average Bonchev–Trinajstić information content (AvgIpc) is 2.50. The second-order valence-electron chi connectivity index (χ2n) is 4.34. The molecule has 1 amide bonds. The molecule has 0 unspecified atom stereocenters. The van der Waals surface area contributed by atoms with Crippen LogP contribution in [-0.2, 0) is 17.1 Å². The van der Waals surface area contributed by atoms with Gasteiger partial charge in [0.25, 0.3) is 0 Å². The summed E-state index contributed by atoms with van der Waals surface area (Å²) < 4.78 is 0. The van der Waals surface area contributed by atoms with Crippen molar-refractivity contribution in [3.05, 3.63) is 63.9 Å². The maximum absolute atomic E-state index is 11.7. The zero-order valence-corrected chi connectivity index (χ0v) is 13.5. The molecule has 0 fully saturated rings. The molecule has 0 spiro atoms. The normalized spacial score (nSPS) is 10.4. The van der Waals surface area contributed by atoms with Gasteiger partial charge in [-0.3, -0.25) is 9.78 Å². The molecule has 0 aliphatic heterocycles. The van der Waals surface area contributed by atoms with Crippen LogP contribution in [-0.4, -0.2) is 16.6 Å². The first-order chi connectivity index (χ1) is 10.1.